The van der Waals surface area contributed by atoms with Crippen molar-refractivity contribution in [1.29, 1.82) is 0 Å². The van der Waals surface area contributed by atoms with Crippen LogP contribution in [0.2, 0.25) is 5.02 Å². The van der Waals surface area contributed by atoms with E-state index in [1.807, 2.05) is 0 Å². The molecule has 0 aromatic heterocycles. The molecule has 164 valence electrons. The number of carbonyl (C=O) groups excluding carboxylic acids is 4. The second kappa shape index (κ2) is 7.11. The smallest absolute Gasteiger partial charge is 0.250 e. The molecule has 0 unspecified atom stereocenters. The van der Waals surface area contributed by atoms with E-state index in [0.717, 1.165) is 4.90 Å². The van der Waals surface area contributed by atoms with Crippen LogP contribution in [0.3, 0.4) is 0 Å². The largest absolute Gasteiger partial charge is 0.370 e. The Morgan fingerprint density at radius 1 is 1.12 bits per heavy atom. The zero-order chi connectivity index (χ0) is 22.8. The van der Waals surface area contributed by atoms with Gasteiger partial charge >= 0.3 is 0 Å². The minimum absolute atomic E-state index is 0.0751. The van der Waals surface area contributed by atoms with Gasteiger partial charge in [0.15, 0.2) is 0 Å². The number of benzene rings is 2. The zero-order valence-electron chi connectivity index (χ0n) is 16.6. The summed E-state index contributed by atoms with van der Waals surface area (Å²) in [5.74, 6) is -4.74. The second-order valence-corrected chi connectivity index (χ2v) is 8.65. The Kier molecular flexibility index (Phi) is 4.58. The van der Waals surface area contributed by atoms with Crippen molar-refractivity contribution >= 4 is 40.9 Å². The molecule has 5 rings (SSSR count). The zero-order valence-corrected chi connectivity index (χ0v) is 17.4. The van der Waals surface area contributed by atoms with Crippen molar-refractivity contribution in [1.82, 2.24) is 10.2 Å². The molecular weight excluding hydrogens is 439 g/mol. The molecule has 3 heterocycles. The highest BCUT2D eigenvalue weighted by Crippen LogP contribution is 2.54. The van der Waals surface area contributed by atoms with Gasteiger partial charge in [0.1, 0.15) is 11.4 Å². The molecule has 4 N–H and O–H groups in total. The first-order chi connectivity index (χ1) is 15.2. The van der Waals surface area contributed by atoms with E-state index in [4.69, 9.17) is 17.3 Å². The number of carbonyl (C=O) groups is 4. The molecule has 4 atom stereocenters. The van der Waals surface area contributed by atoms with Crippen molar-refractivity contribution in [3.8, 4) is 0 Å². The van der Waals surface area contributed by atoms with E-state index in [1.54, 1.807) is 18.2 Å². The van der Waals surface area contributed by atoms with Crippen molar-refractivity contribution in [2.75, 3.05) is 5.32 Å². The summed E-state index contributed by atoms with van der Waals surface area (Å²) in [7, 11) is 0. The van der Waals surface area contributed by atoms with Crippen molar-refractivity contribution in [3.63, 3.8) is 0 Å². The van der Waals surface area contributed by atoms with Crippen molar-refractivity contribution < 1.29 is 23.6 Å². The Morgan fingerprint density at radius 3 is 2.53 bits per heavy atom. The molecule has 1 spiro atoms. The maximum Gasteiger partial charge on any atom is 0.250 e. The van der Waals surface area contributed by atoms with Gasteiger partial charge in [0.05, 0.1) is 29.1 Å². The van der Waals surface area contributed by atoms with Crippen LogP contribution in [-0.2, 0) is 31.3 Å². The van der Waals surface area contributed by atoms with Crippen LogP contribution in [0.15, 0.2) is 42.5 Å². The van der Waals surface area contributed by atoms with Crippen LogP contribution in [0.25, 0.3) is 0 Å². The minimum Gasteiger partial charge on any atom is -0.370 e. The molecule has 8 nitrogen and oxygen atoms in total. The molecule has 2 aromatic rings. The lowest BCUT2D eigenvalue weighted by molar-refractivity contribution is -0.143. The number of hydrogen-bond donors (Lipinski definition) is 3. The number of primary amides is 1. The highest BCUT2D eigenvalue weighted by Gasteiger charge is 2.70. The Labute approximate surface area is 186 Å². The summed E-state index contributed by atoms with van der Waals surface area (Å²) in [6.07, 6.45) is -0.227. The monoisotopic (exact) mass is 456 g/mol. The SMILES string of the molecule is NC(=O)C[C@@H]1N[C@]2(C(=O)Nc3c(Cl)cccc32)[C@@H]2C(=O)N(Cc3ccc(F)cc3)C(=O)[C@H]12. The van der Waals surface area contributed by atoms with Crippen molar-refractivity contribution in [2.24, 2.45) is 17.6 Å². The predicted molar refractivity (Wildman–Crippen MR) is 111 cm³/mol. The van der Waals surface area contributed by atoms with Gasteiger partial charge in [-0.3, -0.25) is 29.4 Å². The van der Waals surface area contributed by atoms with Gasteiger partial charge in [0.2, 0.25) is 23.6 Å². The van der Waals surface area contributed by atoms with Gasteiger partial charge in [0.25, 0.3) is 0 Å². The molecule has 3 aliphatic rings. The van der Waals surface area contributed by atoms with Gasteiger partial charge in [-0.1, -0.05) is 35.9 Å². The minimum atomic E-state index is -1.56. The Hall–Kier alpha value is -3.30. The average Bonchev–Trinajstić information content (AvgIpc) is 3.31. The number of hydrogen-bond acceptors (Lipinski definition) is 5. The number of halogens is 2. The number of nitrogens with one attached hydrogen (secondary N) is 2. The summed E-state index contributed by atoms with van der Waals surface area (Å²) < 4.78 is 13.3. The van der Waals surface area contributed by atoms with Gasteiger partial charge in [-0.15, -0.1) is 0 Å². The number of imide groups is 1. The summed E-state index contributed by atoms with van der Waals surface area (Å²) in [6.45, 7) is -0.0751. The first kappa shape index (κ1) is 20.6. The highest BCUT2D eigenvalue weighted by molar-refractivity contribution is 6.35. The lowest BCUT2D eigenvalue weighted by Gasteiger charge is -2.29. The molecule has 0 bridgehead atoms. The third kappa shape index (κ3) is 2.78. The molecule has 2 fully saturated rings. The Bertz CT molecular complexity index is 1190. The first-order valence-electron chi connectivity index (χ1n) is 10.00. The molecule has 0 radical (unpaired) electrons. The number of para-hydroxylation sites is 1. The maximum atomic E-state index is 13.6. The molecule has 2 saturated heterocycles. The Morgan fingerprint density at radius 2 is 1.84 bits per heavy atom. The molecule has 2 aromatic carbocycles. The number of rotatable bonds is 4. The molecule has 0 saturated carbocycles. The van der Waals surface area contributed by atoms with Gasteiger partial charge < -0.3 is 11.1 Å². The van der Waals surface area contributed by atoms with Crippen LogP contribution in [-0.4, -0.2) is 34.6 Å². The average molecular weight is 457 g/mol. The fourth-order valence-electron chi connectivity index (χ4n) is 5.17. The number of amides is 4. The van der Waals surface area contributed by atoms with Crippen LogP contribution in [0.1, 0.15) is 17.5 Å². The number of anilines is 1. The topological polar surface area (TPSA) is 122 Å². The second-order valence-electron chi connectivity index (χ2n) is 8.24. The van der Waals surface area contributed by atoms with Gasteiger partial charge in [-0.25, -0.2) is 4.39 Å². The lowest BCUT2D eigenvalue weighted by atomic mass is 9.76. The number of likely N-dealkylation sites (tertiary alicyclic amines) is 1. The van der Waals surface area contributed by atoms with Gasteiger partial charge in [0, 0.05) is 18.0 Å². The molecule has 32 heavy (non-hydrogen) atoms. The van der Waals surface area contributed by atoms with Crippen molar-refractivity contribution in [3.05, 3.63) is 64.4 Å². The van der Waals surface area contributed by atoms with E-state index < -0.39 is 52.9 Å². The molecule has 4 amide bonds. The van der Waals surface area contributed by atoms with Gasteiger partial charge in [-0.05, 0) is 23.8 Å². The quantitative estimate of drug-likeness (QED) is 0.598. The number of nitrogens with zero attached hydrogens (tertiary/aromatic N) is 1. The summed E-state index contributed by atoms with van der Waals surface area (Å²) in [6, 6.07) is 9.55. The van der Waals surface area contributed by atoms with E-state index >= 15 is 0 Å². The fourth-order valence-corrected chi connectivity index (χ4v) is 5.39. The maximum absolute atomic E-state index is 13.6. The third-order valence-corrected chi connectivity index (χ3v) is 6.78. The molecule has 10 heteroatoms. The van der Waals surface area contributed by atoms with E-state index in [-0.39, 0.29) is 13.0 Å². The van der Waals surface area contributed by atoms with Crippen LogP contribution in [0.5, 0.6) is 0 Å². The predicted octanol–water partition coefficient (Wildman–Crippen LogP) is 1.28. The van der Waals surface area contributed by atoms with E-state index in [9.17, 15) is 23.6 Å². The number of fused-ring (bicyclic) bond motifs is 4. The fraction of sp³-hybridized carbons (Fsp3) is 0.273. The molecular formula is C22H18ClFN4O4. The Balaban J connectivity index is 1.60. The standard InChI is InChI=1S/C22H18ClFN4O4/c23-13-3-1-2-12-18(13)26-21(32)22(12)17-16(14(27-22)8-15(25)29)19(30)28(20(17)31)9-10-4-6-11(24)7-5-10/h1-7,14,16-17,27H,8-9H2,(H2,25,29)(H,26,32)/t14-,16+,17-,22-/m0/s1. The molecule has 3 aliphatic heterocycles. The number of nitrogens with two attached hydrogens (primary N) is 1. The van der Waals surface area contributed by atoms with Crippen LogP contribution < -0.4 is 16.4 Å². The first-order valence-corrected chi connectivity index (χ1v) is 10.4. The van der Waals surface area contributed by atoms with E-state index in [2.05, 4.69) is 10.6 Å². The normalized spacial score (nSPS) is 28.2. The highest BCUT2D eigenvalue weighted by atomic mass is 35.5. The summed E-state index contributed by atoms with van der Waals surface area (Å²) in [5.41, 5.74) is 5.21. The lowest BCUT2D eigenvalue weighted by Crippen LogP contribution is -2.53. The summed E-state index contributed by atoms with van der Waals surface area (Å²) in [4.78, 5) is 53.0. The van der Waals surface area contributed by atoms with Crippen molar-refractivity contribution in [2.45, 2.75) is 24.5 Å². The molecule has 0 aliphatic carbocycles. The summed E-state index contributed by atoms with van der Waals surface area (Å²) in [5, 5.41) is 6.11. The van der Waals surface area contributed by atoms with Crippen LogP contribution in [0.4, 0.5) is 10.1 Å². The van der Waals surface area contributed by atoms with E-state index in [1.165, 1.54) is 24.3 Å². The van der Waals surface area contributed by atoms with Crippen LogP contribution in [0, 0.1) is 17.7 Å². The summed E-state index contributed by atoms with van der Waals surface area (Å²) >= 11 is 6.26. The van der Waals surface area contributed by atoms with Crippen LogP contribution >= 0.6 is 11.6 Å². The third-order valence-electron chi connectivity index (χ3n) is 6.47. The van der Waals surface area contributed by atoms with Gasteiger partial charge in [-0.2, -0.15) is 0 Å². The van der Waals surface area contributed by atoms with E-state index in [0.29, 0.717) is 21.8 Å².